The third-order valence-corrected chi connectivity index (χ3v) is 3.74. The molecule has 18 heavy (non-hydrogen) atoms. The van der Waals surface area contributed by atoms with Crippen molar-refractivity contribution in [3.8, 4) is 11.6 Å². The molecule has 0 saturated heterocycles. The fraction of sp³-hybridized carbons (Fsp3) is 0.357. The second-order valence-corrected chi connectivity index (χ2v) is 4.99. The topological polar surface area (TPSA) is 27.1 Å². The van der Waals surface area contributed by atoms with E-state index in [1.165, 1.54) is 5.56 Å². The van der Waals surface area contributed by atoms with E-state index >= 15 is 0 Å². The van der Waals surface area contributed by atoms with Crippen molar-refractivity contribution in [1.82, 2.24) is 9.78 Å². The van der Waals surface area contributed by atoms with Gasteiger partial charge in [-0.3, -0.25) is 0 Å². The van der Waals surface area contributed by atoms with Gasteiger partial charge in [-0.15, -0.1) is 0 Å². The predicted molar refractivity (Wildman–Crippen MR) is 76.6 cm³/mol. The van der Waals surface area contributed by atoms with E-state index in [4.69, 9.17) is 4.74 Å². The van der Waals surface area contributed by atoms with Crippen LogP contribution in [0.2, 0.25) is 0 Å². The lowest BCUT2D eigenvalue weighted by Crippen LogP contribution is -1.98. The van der Waals surface area contributed by atoms with E-state index in [1.807, 2.05) is 26.1 Å². The van der Waals surface area contributed by atoms with Gasteiger partial charge in [-0.1, -0.05) is 28.1 Å². The highest BCUT2D eigenvalue weighted by Gasteiger charge is 2.15. The maximum absolute atomic E-state index is 6.03. The lowest BCUT2D eigenvalue weighted by atomic mass is 10.1. The third kappa shape index (κ3) is 2.29. The Balaban J connectivity index is 2.43. The van der Waals surface area contributed by atoms with E-state index in [9.17, 15) is 0 Å². The van der Waals surface area contributed by atoms with Gasteiger partial charge in [-0.2, -0.15) is 5.10 Å². The monoisotopic (exact) mass is 308 g/mol. The predicted octanol–water partition coefficient (Wildman–Crippen LogP) is 4.03. The number of hydrogen-bond acceptors (Lipinski definition) is 2. The highest BCUT2D eigenvalue weighted by Crippen LogP contribution is 2.31. The van der Waals surface area contributed by atoms with Crippen LogP contribution < -0.4 is 4.74 Å². The zero-order valence-corrected chi connectivity index (χ0v) is 12.7. The molecule has 1 aromatic heterocycles. The number of aromatic nitrogens is 2. The van der Waals surface area contributed by atoms with E-state index in [-0.39, 0.29) is 0 Å². The molecule has 0 N–H and O–H groups in total. The third-order valence-electron chi connectivity index (χ3n) is 3.18. The van der Waals surface area contributed by atoms with Crippen LogP contribution in [0.1, 0.15) is 22.4 Å². The zero-order valence-electron chi connectivity index (χ0n) is 11.1. The molecule has 0 atom stereocenters. The number of alkyl halides is 1. The Labute approximate surface area is 116 Å². The second kappa shape index (κ2) is 5.14. The Morgan fingerprint density at radius 3 is 2.67 bits per heavy atom. The molecule has 0 spiro atoms. The first-order valence-corrected chi connectivity index (χ1v) is 6.99. The van der Waals surface area contributed by atoms with Crippen molar-refractivity contribution >= 4 is 15.9 Å². The van der Waals surface area contributed by atoms with Crippen LogP contribution in [-0.2, 0) is 12.4 Å². The molecule has 0 saturated carbocycles. The van der Waals surface area contributed by atoms with Gasteiger partial charge in [-0.25, -0.2) is 4.68 Å². The summed E-state index contributed by atoms with van der Waals surface area (Å²) in [5.41, 5.74) is 4.48. The van der Waals surface area contributed by atoms with E-state index in [0.29, 0.717) is 0 Å². The molecule has 1 aromatic carbocycles. The summed E-state index contributed by atoms with van der Waals surface area (Å²) in [5.74, 6) is 1.69. The van der Waals surface area contributed by atoms with Crippen molar-refractivity contribution in [2.45, 2.75) is 26.1 Å². The fourth-order valence-electron chi connectivity index (χ4n) is 1.90. The molecule has 4 heteroatoms. The summed E-state index contributed by atoms with van der Waals surface area (Å²) in [6.45, 7) is 6.15. The van der Waals surface area contributed by atoms with Gasteiger partial charge in [-0.05, 0) is 38.0 Å². The van der Waals surface area contributed by atoms with E-state index < -0.39 is 0 Å². The minimum Gasteiger partial charge on any atom is -0.439 e. The van der Waals surface area contributed by atoms with Crippen LogP contribution >= 0.6 is 15.9 Å². The molecule has 3 nitrogen and oxygen atoms in total. The van der Waals surface area contributed by atoms with Crippen molar-refractivity contribution < 1.29 is 4.74 Å². The first-order valence-electron chi connectivity index (χ1n) is 5.87. The molecule has 2 rings (SSSR count). The van der Waals surface area contributed by atoms with Crippen molar-refractivity contribution in [3.05, 3.63) is 40.6 Å². The minimum atomic E-state index is 0.743. The molecule has 0 fully saturated rings. The lowest BCUT2D eigenvalue weighted by molar-refractivity contribution is 0.424. The first kappa shape index (κ1) is 13.1. The van der Waals surface area contributed by atoms with Crippen LogP contribution in [-0.4, -0.2) is 9.78 Å². The normalized spacial score (nSPS) is 10.7. The summed E-state index contributed by atoms with van der Waals surface area (Å²) >= 11 is 3.49. The van der Waals surface area contributed by atoms with Crippen LogP contribution in [0, 0.1) is 20.8 Å². The number of ether oxygens (including phenoxy) is 1. The summed E-state index contributed by atoms with van der Waals surface area (Å²) in [6.07, 6.45) is 0. The van der Waals surface area contributed by atoms with Crippen LogP contribution in [0.3, 0.4) is 0 Å². The Hall–Kier alpha value is -1.29. The number of halogens is 1. The van der Waals surface area contributed by atoms with Gasteiger partial charge in [0.25, 0.3) is 0 Å². The van der Waals surface area contributed by atoms with Gasteiger partial charge < -0.3 is 4.74 Å². The SMILES string of the molecule is Cc1cccc(Oc2c(CBr)c(C)nn2C)c1C. The molecule has 2 aromatic rings. The minimum absolute atomic E-state index is 0.743. The number of rotatable bonds is 3. The highest BCUT2D eigenvalue weighted by molar-refractivity contribution is 9.08. The quantitative estimate of drug-likeness (QED) is 0.800. The Kier molecular flexibility index (Phi) is 3.76. The van der Waals surface area contributed by atoms with Crippen molar-refractivity contribution in [2.24, 2.45) is 7.05 Å². The first-order chi connectivity index (χ1) is 8.54. The molecule has 0 amide bonds. The van der Waals surface area contributed by atoms with Crippen LogP contribution in [0.5, 0.6) is 11.6 Å². The summed E-state index contributed by atoms with van der Waals surface area (Å²) in [7, 11) is 1.90. The van der Waals surface area contributed by atoms with Crippen molar-refractivity contribution in [2.75, 3.05) is 0 Å². The molecule has 0 bridgehead atoms. The Bertz CT molecular complexity index is 575. The number of aryl methyl sites for hydroxylation is 3. The number of benzene rings is 1. The maximum atomic E-state index is 6.03. The smallest absolute Gasteiger partial charge is 0.221 e. The molecular formula is C14H17BrN2O. The van der Waals surface area contributed by atoms with Gasteiger partial charge in [0, 0.05) is 17.9 Å². The van der Waals surface area contributed by atoms with E-state index in [2.05, 4.69) is 40.9 Å². The van der Waals surface area contributed by atoms with Gasteiger partial charge in [0.15, 0.2) is 0 Å². The fourth-order valence-corrected chi connectivity index (χ4v) is 2.55. The molecule has 0 aliphatic rings. The highest BCUT2D eigenvalue weighted by atomic mass is 79.9. The molecule has 0 radical (unpaired) electrons. The molecule has 0 unspecified atom stereocenters. The summed E-state index contributed by atoms with van der Waals surface area (Å²) in [5, 5.41) is 5.13. The second-order valence-electron chi connectivity index (χ2n) is 4.43. The summed E-state index contributed by atoms with van der Waals surface area (Å²) in [4.78, 5) is 0. The van der Waals surface area contributed by atoms with Crippen LogP contribution in [0.15, 0.2) is 18.2 Å². The number of nitrogens with zero attached hydrogens (tertiary/aromatic N) is 2. The molecule has 96 valence electrons. The van der Waals surface area contributed by atoms with Gasteiger partial charge in [0.1, 0.15) is 5.75 Å². The van der Waals surface area contributed by atoms with E-state index in [0.717, 1.165) is 33.8 Å². The maximum Gasteiger partial charge on any atom is 0.221 e. The standard InChI is InChI=1S/C14H17BrN2O/c1-9-6-5-7-13(10(9)2)18-14-12(8-15)11(3)16-17(14)4/h5-7H,8H2,1-4H3. The zero-order chi connectivity index (χ0) is 13.3. The average molecular weight is 309 g/mol. The van der Waals surface area contributed by atoms with Crippen molar-refractivity contribution in [3.63, 3.8) is 0 Å². The Morgan fingerprint density at radius 1 is 1.28 bits per heavy atom. The summed E-state index contributed by atoms with van der Waals surface area (Å²) in [6, 6.07) is 6.08. The van der Waals surface area contributed by atoms with E-state index in [1.54, 1.807) is 4.68 Å². The molecular weight excluding hydrogens is 292 g/mol. The van der Waals surface area contributed by atoms with Gasteiger partial charge in [0.2, 0.25) is 5.88 Å². The number of hydrogen-bond donors (Lipinski definition) is 0. The summed E-state index contributed by atoms with van der Waals surface area (Å²) < 4.78 is 7.82. The largest absolute Gasteiger partial charge is 0.439 e. The Morgan fingerprint density at radius 2 is 2.00 bits per heavy atom. The van der Waals surface area contributed by atoms with Gasteiger partial charge >= 0.3 is 0 Å². The van der Waals surface area contributed by atoms with Crippen LogP contribution in [0.25, 0.3) is 0 Å². The average Bonchev–Trinajstić information content (AvgIpc) is 2.59. The van der Waals surface area contributed by atoms with Gasteiger partial charge in [0.05, 0.1) is 5.69 Å². The lowest BCUT2D eigenvalue weighted by Gasteiger charge is -2.11. The van der Waals surface area contributed by atoms with Crippen LogP contribution in [0.4, 0.5) is 0 Å². The molecule has 0 aliphatic carbocycles. The molecule has 0 aliphatic heterocycles. The molecule has 1 heterocycles. The van der Waals surface area contributed by atoms with Crippen molar-refractivity contribution in [1.29, 1.82) is 0 Å².